The van der Waals surface area contributed by atoms with Gasteiger partial charge in [-0.3, -0.25) is 9.59 Å². The summed E-state index contributed by atoms with van der Waals surface area (Å²) < 4.78 is 16.7. The first-order valence-corrected chi connectivity index (χ1v) is 9.67. The van der Waals surface area contributed by atoms with E-state index in [0.29, 0.717) is 29.3 Å². The van der Waals surface area contributed by atoms with Gasteiger partial charge in [0.25, 0.3) is 5.91 Å². The maximum atomic E-state index is 12.9. The van der Waals surface area contributed by atoms with Crippen molar-refractivity contribution < 1.29 is 23.2 Å². The summed E-state index contributed by atoms with van der Waals surface area (Å²) in [5.74, 6) is -0.355. The Bertz CT molecular complexity index is 1260. The molecule has 32 heavy (non-hydrogen) atoms. The Labute approximate surface area is 184 Å². The lowest BCUT2D eigenvalue weighted by Crippen LogP contribution is -2.49. The standard InChI is InChI=1S/C22H18N4O5.CH4/c1-26-16-10-14-7-8-29-17(14)11-18(16)30-12-15(22(26)28)23-20(27)21-25-24-19(31-21)9-13-5-3-2-4-6-13;/h2-8,10-11,15H,9,12H2,1H3,(H,23,27);1H4/t15-;/m0./s1. The zero-order valence-electron chi connectivity index (χ0n) is 16.6. The molecule has 0 saturated heterocycles. The van der Waals surface area contributed by atoms with Crippen LogP contribution in [0.5, 0.6) is 5.75 Å². The largest absolute Gasteiger partial charge is 0.489 e. The van der Waals surface area contributed by atoms with Crippen LogP contribution in [0, 0.1) is 0 Å². The summed E-state index contributed by atoms with van der Waals surface area (Å²) in [6, 6.07) is 14.0. The van der Waals surface area contributed by atoms with Crippen molar-refractivity contribution in [1.29, 1.82) is 0 Å². The summed E-state index contributed by atoms with van der Waals surface area (Å²) in [4.78, 5) is 27.0. The van der Waals surface area contributed by atoms with Crippen LogP contribution in [0.1, 0.15) is 29.6 Å². The number of carbonyl (C=O) groups excluding carboxylic acids is 2. The predicted octanol–water partition coefficient (Wildman–Crippen LogP) is 3.20. The van der Waals surface area contributed by atoms with Crippen molar-refractivity contribution in [1.82, 2.24) is 15.5 Å². The Kier molecular flexibility index (Phi) is 5.63. The minimum absolute atomic E-state index is 0. The summed E-state index contributed by atoms with van der Waals surface area (Å²) in [6.45, 7) is -0.0425. The Morgan fingerprint density at radius 3 is 2.81 bits per heavy atom. The average molecular weight is 434 g/mol. The number of nitrogens with one attached hydrogen (secondary N) is 1. The molecule has 1 N–H and O–H groups in total. The molecule has 0 fully saturated rings. The highest BCUT2D eigenvalue weighted by molar-refractivity contribution is 6.03. The highest BCUT2D eigenvalue weighted by Crippen LogP contribution is 2.35. The van der Waals surface area contributed by atoms with Gasteiger partial charge in [-0.1, -0.05) is 37.8 Å². The van der Waals surface area contributed by atoms with E-state index in [9.17, 15) is 9.59 Å². The van der Waals surface area contributed by atoms with Crippen LogP contribution in [0.25, 0.3) is 11.0 Å². The molecule has 1 atom stereocenters. The molecule has 1 aliphatic heterocycles. The SMILES string of the molecule is C.CN1C(=O)[C@@H](NC(=O)c2nnc(Cc3ccccc3)o2)COc2cc3occc3cc21. The van der Waals surface area contributed by atoms with Crippen LogP contribution in [0.4, 0.5) is 5.69 Å². The van der Waals surface area contributed by atoms with Gasteiger partial charge in [-0.2, -0.15) is 0 Å². The molecule has 9 nitrogen and oxygen atoms in total. The van der Waals surface area contributed by atoms with Crippen LogP contribution < -0.4 is 15.0 Å². The molecule has 0 spiro atoms. The topological polar surface area (TPSA) is 111 Å². The summed E-state index contributed by atoms with van der Waals surface area (Å²) in [7, 11) is 1.63. The first kappa shape index (κ1) is 21.1. The molecule has 2 aromatic heterocycles. The number of likely N-dealkylation sites (N-methyl/N-ethyl adjacent to an activating group) is 1. The maximum Gasteiger partial charge on any atom is 0.309 e. The van der Waals surface area contributed by atoms with Crippen LogP contribution in [0.15, 0.2) is 63.6 Å². The summed E-state index contributed by atoms with van der Waals surface area (Å²) in [6.07, 6.45) is 1.98. The maximum absolute atomic E-state index is 12.9. The molecule has 5 rings (SSSR count). The van der Waals surface area contributed by atoms with Gasteiger partial charge in [0.2, 0.25) is 5.89 Å². The number of benzene rings is 2. The molecule has 3 heterocycles. The van der Waals surface area contributed by atoms with E-state index in [1.54, 1.807) is 25.4 Å². The molecule has 0 unspecified atom stereocenters. The van der Waals surface area contributed by atoms with Crippen molar-refractivity contribution in [3.05, 3.63) is 72.1 Å². The van der Waals surface area contributed by atoms with Gasteiger partial charge in [0.1, 0.15) is 24.0 Å². The molecule has 0 radical (unpaired) electrons. The third kappa shape index (κ3) is 3.92. The van der Waals surface area contributed by atoms with Gasteiger partial charge < -0.3 is 23.8 Å². The van der Waals surface area contributed by atoms with Gasteiger partial charge >= 0.3 is 11.8 Å². The van der Waals surface area contributed by atoms with Crippen molar-refractivity contribution in [2.45, 2.75) is 19.9 Å². The number of ether oxygens (including phenoxy) is 1. The number of fused-ring (bicyclic) bond motifs is 2. The highest BCUT2D eigenvalue weighted by atomic mass is 16.5. The fourth-order valence-corrected chi connectivity index (χ4v) is 3.46. The lowest BCUT2D eigenvalue weighted by molar-refractivity contribution is -0.120. The first-order valence-electron chi connectivity index (χ1n) is 9.67. The van der Waals surface area contributed by atoms with Crippen LogP contribution in [-0.4, -0.2) is 41.7 Å². The molecule has 2 amide bonds. The van der Waals surface area contributed by atoms with E-state index >= 15 is 0 Å². The van der Waals surface area contributed by atoms with E-state index in [2.05, 4.69) is 15.5 Å². The fraction of sp³-hybridized carbons (Fsp3) is 0.217. The zero-order valence-corrected chi connectivity index (χ0v) is 16.6. The molecule has 2 aromatic carbocycles. The zero-order chi connectivity index (χ0) is 21.4. The molecule has 0 bridgehead atoms. The number of rotatable bonds is 4. The van der Waals surface area contributed by atoms with Crippen molar-refractivity contribution >= 4 is 28.5 Å². The molecule has 0 saturated carbocycles. The number of carbonyl (C=O) groups is 2. The normalized spacial score (nSPS) is 15.5. The van der Waals surface area contributed by atoms with Crippen molar-refractivity contribution in [2.24, 2.45) is 0 Å². The van der Waals surface area contributed by atoms with E-state index in [1.165, 1.54) is 4.90 Å². The van der Waals surface area contributed by atoms with Crippen molar-refractivity contribution in [3.63, 3.8) is 0 Å². The van der Waals surface area contributed by atoms with Crippen LogP contribution in [0.2, 0.25) is 0 Å². The third-order valence-corrected chi connectivity index (χ3v) is 5.09. The van der Waals surface area contributed by atoms with E-state index < -0.39 is 11.9 Å². The first-order chi connectivity index (χ1) is 15.1. The number of hydrogen-bond acceptors (Lipinski definition) is 7. The van der Waals surface area contributed by atoms with E-state index in [0.717, 1.165) is 10.9 Å². The Balaban J connectivity index is 0.00000245. The number of anilines is 1. The van der Waals surface area contributed by atoms with E-state index in [-0.39, 0.29) is 25.8 Å². The highest BCUT2D eigenvalue weighted by Gasteiger charge is 2.32. The summed E-state index contributed by atoms with van der Waals surface area (Å²) in [5.41, 5.74) is 2.23. The Morgan fingerprint density at radius 2 is 2.00 bits per heavy atom. The lowest BCUT2D eigenvalue weighted by atomic mass is 10.2. The van der Waals surface area contributed by atoms with Gasteiger partial charge in [0.05, 0.1) is 18.4 Å². The van der Waals surface area contributed by atoms with Gasteiger partial charge in [-0.05, 0) is 17.7 Å². The smallest absolute Gasteiger partial charge is 0.309 e. The third-order valence-electron chi connectivity index (χ3n) is 5.09. The van der Waals surface area contributed by atoms with Crippen LogP contribution in [-0.2, 0) is 11.2 Å². The molecular weight excluding hydrogens is 412 g/mol. The number of amides is 2. The average Bonchev–Trinajstić information content (AvgIpc) is 3.42. The second kappa shape index (κ2) is 8.54. The summed E-state index contributed by atoms with van der Waals surface area (Å²) in [5, 5.41) is 11.2. The van der Waals surface area contributed by atoms with Crippen LogP contribution >= 0.6 is 0 Å². The minimum atomic E-state index is -0.916. The summed E-state index contributed by atoms with van der Waals surface area (Å²) >= 11 is 0. The van der Waals surface area contributed by atoms with Gasteiger partial charge in [0.15, 0.2) is 0 Å². The number of aromatic nitrogens is 2. The van der Waals surface area contributed by atoms with Gasteiger partial charge in [-0.25, -0.2) is 0 Å². The van der Waals surface area contributed by atoms with Gasteiger partial charge in [-0.15, -0.1) is 10.2 Å². The fourth-order valence-electron chi connectivity index (χ4n) is 3.46. The molecule has 1 aliphatic rings. The predicted molar refractivity (Wildman–Crippen MR) is 117 cm³/mol. The minimum Gasteiger partial charge on any atom is -0.489 e. The quantitative estimate of drug-likeness (QED) is 0.525. The van der Waals surface area contributed by atoms with Gasteiger partial charge in [0, 0.05) is 18.5 Å². The van der Waals surface area contributed by atoms with E-state index in [1.807, 2.05) is 36.4 Å². The van der Waals surface area contributed by atoms with E-state index in [4.69, 9.17) is 13.6 Å². The molecular formula is C23H22N4O5. The molecule has 9 heteroatoms. The second-order valence-corrected chi connectivity index (χ2v) is 7.18. The van der Waals surface area contributed by atoms with Crippen LogP contribution in [0.3, 0.4) is 0 Å². The number of nitrogens with zero attached hydrogens (tertiary/aromatic N) is 3. The van der Waals surface area contributed by atoms with Crippen molar-refractivity contribution in [3.8, 4) is 5.75 Å². The molecule has 164 valence electrons. The lowest BCUT2D eigenvalue weighted by Gasteiger charge is -2.19. The molecule has 4 aromatic rings. The van der Waals surface area contributed by atoms with Crippen molar-refractivity contribution in [2.75, 3.05) is 18.6 Å². The second-order valence-electron chi connectivity index (χ2n) is 7.18. The Hall–Kier alpha value is -4.14. The number of furan rings is 1. The number of hydrogen-bond donors (Lipinski definition) is 1. The molecule has 0 aliphatic carbocycles. The monoisotopic (exact) mass is 434 g/mol. The Morgan fingerprint density at radius 1 is 1.19 bits per heavy atom.